The predicted molar refractivity (Wildman–Crippen MR) is 137 cm³/mol. The van der Waals surface area contributed by atoms with Crippen LogP contribution in [-0.2, 0) is 31.4 Å². The molecule has 1 aliphatic rings. The molecule has 0 aliphatic carbocycles. The molecule has 0 spiro atoms. The first-order valence-corrected chi connectivity index (χ1v) is 14.8. The molecule has 0 unspecified atom stereocenters. The van der Waals surface area contributed by atoms with E-state index in [1.807, 2.05) is 13.0 Å². The molecule has 0 aromatic heterocycles. The number of hydrogen-bond acceptors (Lipinski definition) is 6. The molecule has 9 nitrogen and oxygen atoms in total. The van der Waals surface area contributed by atoms with Crippen molar-refractivity contribution in [3.8, 4) is 0 Å². The first-order chi connectivity index (χ1) is 17.6. The summed E-state index contributed by atoms with van der Waals surface area (Å²) in [5.41, 5.74) is 2.05. The highest BCUT2D eigenvalue weighted by Gasteiger charge is 2.38. The second-order valence-corrected chi connectivity index (χ2v) is 12.9. The Balaban J connectivity index is 0.000000638. The fourth-order valence-corrected chi connectivity index (χ4v) is 6.98. The molecule has 1 saturated heterocycles. The van der Waals surface area contributed by atoms with Gasteiger partial charge in [0.25, 0.3) is 0 Å². The number of hydrogen-bond donors (Lipinski definition) is 2. The topological polar surface area (TPSA) is 124 Å². The number of aryl methyl sites for hydroxylation is 2. The van der Waals surface area contributed by atoms with Gasteiger partial charge in [-0.2, -0.15) is 21.8 Å². The molecule has 3 rings (SSSR count). The molecule has 1 aliphatic heterocycles. The number of carbonyl (C=O) groups is 1. The SMILES string of the molecule is Cc1ccc(C)c(S(=O)(=O)N(CCS(=O)(=O)N2CCNCC2)Cc2ccccc2Cl)c1.O=C(O)C(F)(F)F. The van der Waals surface area contributed by atoms with Gasteiger partial charge >= 0.3 is 12.1 Å². The lowest BCUT2D eigenvalue weighted by Gasteiger charge is -2.28. The lowest BCUT2D eigenvalue weighted by atomic mass is 10.2. The molecule has 0 bridgehead atoms. The highest BCUT2D eigenvalue weighted by atomic mass is 35.5. The number of sulfonamides is 2. The van der Waals surface area contributed by atoms with Gasteiger partial charge in [0.15, 0.2) is 0 Å². The normalized spacial score (nSPS) is 15.1. The van der Waals surface area contributed by atoms with Crippen LogP contribution in [0.25, 0.3) is 0 Å². The largest absolute Gasteiger partial charge is 0.490 e. The van der Waals surface area contributed by atoms with Crippen molar-refractivity contribution in [3.63, 3.8) is 0 Å². The van der Waals surface area contributed by atoms with Gasteiger partial charge in [-0.25, -0.2) is 21.6 Å². The standard InChI is InChI=1S/C21H28ClN3O4S2.C2HF3O2/c1-17-7-8-18(2)21(15-17)31(28,29)25(16-19-5-3-4-6-20(19)22)13-14-30(26,27)24-11-9-23-10-12-24;3-2(4,5)1(6)7/h3-8,15,23H,9-14,16H2,1-2H3;(H,6,7). The summed E-state index contributed by atoms with van der Waals surface area (Å²) in [6, 6.07) is 12.2. The zero-order chi connectivity index (χ0) is 28.7. The Kier molecular flexibility index (Phi) is 11.1. The van der Waals surface area contributed by atoms with Crippen LogP contribution in [0.15, 0.2) is 47.4 Å². The van der Waals surface area contributed by atoms with Gasteiger partial charge in [0.2, 0.25) is 20.0 Å². The first kappa shape index (κ1) is 32.0. The molecular weight excluding hydrogens is 571 g/mol. The molecule has 0 saturated carbocycles. The lowest BCUT2D eigenvalue weighted by Crippen LogP contribution is -2.48. The van der Waals surface area contributed by atoms with Crippen molar-refractivity contribution >= 4 is 37.6 Å². The molecule has 2 N–H and O–H groups in total. The van der Waals surface area contributed by atoms with Gasteiger partial charge in [-0.1, -0.05) is 41.9 Å². The van der Waals surface area contributed by atoms with E-state index in [4.69, 9.17) is 21.5 Å². The quantitative estimate of drug-likeness (QED) is 0.478. The van der Waals surface area contributed by atoms with Crippen LogP contribution in [-0.4, -0.2) is 81.2 Å². The number of carboxylic acid groups (broad SMARTS) is 1. The minimum Gasteiger partial charge on any atom is -0.475 e. The minimum absolute atomic E-state index is 0.00748. The van der Waals surface area contributed by atoms with Gasteiger partial charge in [-0.05, 0) is 42.7 Å². The van der Waals surface area contributed by atoms with E-state index in [1.54, 1.807) is 43.3 Å². The van der Waals surface area contributed by atoms with Crippen molar-refractivity contribution in [2.45, 2.75) is 31.5 Å². The third-order valence-corrected chi connectivity index (χ3v) is 9.78. The van der Waals surface area contributed by atoms with Gasteiger partial charge in [-0.15, -0.1) is 0 Å². The van der Waals surface area contributed by atoms with Gasteiger partial charge in [0, 0.05) is 44.3 Å². The molecule has 0 atom stereocenters. The van der Waals surface area contributed by atoms with Gasteiger partial charge in [0.05, 0.1) is 10.6 Å². The highest BCUT2D eigenvalue weighted by Crippen LogP contribution is 2.25. The molecule has 0 amide bonds. The molecule has 0 radical (unpaired) electrons. The molecule has 38 heavy (non-hydrogen) atoms. The Morgan fingerprint density at radius 3 is 2.21 bits per heavy atom. The van der Waals surface area contributed by atoms with Crippen LogP contribution < -0.4 is 5.32 Å². The van der Waals surface area contributed by atoms with E-state index in [2.05, 4.69) is 5.32 Å². The van der Waals surface area contributed by atoms with Gasteiger partial charge in [-0.3, -0.25) is 0 Å². The summed E-state index contributed by atoms with van der Waals surface area (Å²) in [6.07, 6.45) is -5.08. The maximum absolute atomic E-state index is 13.6. The minimum atomic E-state index is -5.08. The van der Waals surface area contributed by atoms with E-state index in [0.717, 1.165) is 5.56 Å². The van der Waals surface area contributed by atoms with E-state index < -0.39 is 32.2 Å². The Bertz CT molecular complexity index is 1330. The van der Waals surface area contributed by atoms with Crippen molar-refractivity contribution in [3.05, 3.63) is 64.2 Å². The third kappa shape index (κ3) is 8.92. The van der Waals surface area contributed by atoms with E-state index >= 15 is 0 Å². The van der Waals surface area contributed by atoms with Crippen molar-refractivity contribution in [1.82, 2.24) is 13.9 Å². The van der Waals surface area contributed by atoms with E-state index in [1.165, 1.54) is 8.61 Å². The maximum Gasteiger partial charge on any atom is 0.490 e. The number of nitrogens with zero attached hydrogens (tertiary/aromatic N) is 2. The molecule has 15 heteroatoms. The van der Waals surface area contributed by atoms with Crippen LogP contribution in [0.1, 0.15) is 16.7 Å². The number of piperazine rings is 1. The van der Waals surface area contributed by atoms with Crippen molar-refractivity contribution in [1.29, 1.82) is 0 Å². The molecule has 1 heterocycles. The fraction of sp³-hybridized carbons (Fsp3) is 0.435. The summed E-state index contributed by atoms with van der Waals surface area (Å²) in [5, 5.41) is 10.7. The number of halogens is 4. The smallest absolute Gasteiger partial charge is 0.475 e. The van der Waals surface area contributed by atoms with E-state index in [0.29, 0.717) is 42.3 Å². The van der Waals surface area contributed by atoms with Gasteiger partial charge in [0.1, 0.15) is 0 Å². The van der Waals surface area contributed by atoms with Crippen LogP contribution >= 0.6 is 11.6 Å². The third-order valence-electron chi connectivity index (χ3n) is 5.58. The highest BCUT2D eigenvalue weighted by molar-refractivity contribution is 7.90. The second kappa shape index (κ2) is 13.2. The Morgan fingerprint density at radius 1 is 1.08 bits per heavy atom. The monoisotopic (exact) mass is 599 g/mol. The van der Waals surface area contributed by atoms with Crippen LogP contribution in [0.5, 0.6) is 0 Å². The average Bonchev–Trinajstić information content (AvgIpc) is 2.84. The summed E-state index contributed by atoms with van der Waals surface area (Å²) in [4.78, 5) is 9.08. The molecule has 212 valence electrons. The van der Waals surface area contributed by atoms with Gasteiger partial charge < -0.3 is 10.4 Å². The Labute approximate surface area is 225 Å². The number of carboxylic acids is 1. The maximum atomic E-state index is 13.6. The molecule has 2 aromatic carbocycles. The molecule has 2 aromatic rings. The summed E-state index contributed by atoms with van der Waals surface area (Å²) < 4.78 is 87.2. The Morgan fingerprint density at radius 2 is 1.66 bits per heavy atom. The lowest BCUT2D eigenvalue weighted by molar-refractivity contribution is -0.192. The predicted octanol–water partition coefficient (Wildman–Crippen LogP) is 3.02. The number of nitrogens with one attached hydrogen (secondary N) is 1. The van der Waals surface area contributed by atoms with Crippen LogP contribution in [0.2, 0.25) is 5.02 Å². The van der Waals surface area contributed by atoms with Crippen molar-refractivity contribution in [2.24, 2.45) is 0 Å². The van der Waals surface area contributed by atoms with Crippen LogP contribution in [0.4, 0.5) is 13.2 Å². The number of benzene rings is 2. The summed E-state index contributed by atoms with van der Waals surface area (Å²) in [7, 11) is -7.53. The zero-order valence-electron chi connectivity index (χ0n) is 20.7. The summed E-state index contributed by atoms with van der Waals surface area (Å²) in [6.45, 7) is 5.34. The average molecular weight is 600 g/mol. The van der Waals surface area contributed by atoms with E-state index in [-0.39, 0.29) is 23.7 Å². The number of aliphatic carboxylic acids is 1. The molecule has 1 fully saturated rings. The van der Waals surface area contributed by atoms with E-state index in [9.17, 15) is 30.0 Å². The summed E-state index contributed by atoms with van der Waals surface area (Å²) in [5.74, 6) is -3.05. The zero-order valence-corrected chi connectivity index (χ0v) is 23.1. The van der Waals surface area contributed by atoms with Crippen molar-refractivity contribution < 1.29 is 39.9 Å². The van der Waals surface area contributed by atoms with Crippen molar-refractivity contribution in [2.75, 3.05) is 38.5 Å². The number of alkyl halides is 3. The molecular formula is C23H29ClF3N3O6S2. The first-order valence-electron chi connectivity index (χ1n) is 11.3. The second-order valence-electron chi connectivity index (χ2n) is 8.47. The summed E-state index contributed by atoms with van der Waals surface area (Å²) >= 11 is 6.28. The number of rotatable bonds is 8. The van der Waals surface area contributed by atoms with Crippen LogP contribution in [0.3, 0.4) is 0 Å². The Hall–Kier alpha value is -2.23. The fourth-order valence-electron chi connectivity index (χ4n) is 3.49. The van der Waals surface area contributed by atoms with Crippen LogP contribution in [0, 0.1) is 13.8 Å².